The molecule has 68 valence electrons. The van der Waals surface area contributed by atoms with E-state index in [1.165, 1.54) is 6.42 Å². The van der Waals surface area contributed by atoms with Crippen LogP contribution in [0.2, 0.25) is 5.05 Å². The molecule has 0 fully saturated rings. The summed E-state index contributed by atoms with van der Waals surface area (Å²) in [7, 11) is 0. The van der Waals surface area contributed by atoms with Crippen molar-refractivity contribution in [1.29, 1.82) is 0 Å². The van der Waals surface area contributed by atoms with E-state index in [0.717, 1.165) is 0 Å². The van der Waals surface area contributed by atoms with Crippen molar-refractivity contribution >= 4 is 24.1 Å². The second-order valence-corrected chi connectivity index (χ2v) is 6.33. The Balaban J connectivity index is 2.87. The Morgan fingerprint density at radius 3 is 2.31 bits per heavy atom. The van der Waals surface area contributed by atoms with Crippen molar-refractivity contribution in [2.24, 2.45) is 5.41 Å². The van der Waals surface area contributed by atoms with Crippen LogP contribution in [0.25, 0.3) is 0 Å². The summed E-state index contributed by atoms with van der Waals surface area (Å²) < 4.78 is 1.64. The smallest absolute Gasteiger partial charge is 0.171 e. The van der Waals surface area contributed by atoms with E-state index in [1.807, 2.05) is 0 Å². The molecule has 0 bridgehead atoms. The SMILES string of the molecule is [CH3][Mg][c]1ccccc1CC(C)(C)C. The van der Waals surface area contributed by atoms with Gasteiger partial charge in [-0.3, -0.25) is 0 Å². The molecule has 0 aromatic heterocycles. The first-order chi connectivity index (χ1) is 6.03. The van der Waals surface area contributed by atoms with Crippen LogP contribution >= 0.6 is 0 Å². The van der Waals surface area contributed by atoms with Gasteiger partial charge in [0.1, 0.15) is 0 Å². The molecule has 0 N–H and O–H groups in total. The molecule has 0 aliphatic carbocycles. The first kappa shape index (κ1) is 11.1. The van der Waals surface area contributed by atoms with Crippen molar-refractivity contribution in [2.75, 3.05) is 0 Å². The molecule has 0 nitrogen and oxygen atoms in total. The minimum absolute atomic E-state index is 0.00660. The van der Waals surface area contributed by atoms with Gasteiger partial charge in [-0.05, 0) is 11.8 Å². The molecular formula is C12H18Mg. The topological polar surface area (TPSA) is 0 Å². The molecule has 0 radical (unpaired) electrons. The van der Waals surface area contributed by atoms with E-state index in [2.05, 4.69) is 50.1 Å². The van der Waals surface area contributed by atoms with Crippen molar-refractivity contribution in [3.05, 3.63) is 29.8 Å². The maximum absolute atomic E-state index is 2.36. The Bertz CT molecular complexity index is 271. The van der Waals surface area contributed by atoms with E-state index in [0.29, 0.717) is 5.41 Å². The van der Waals surface area contributed by atoms with Crippen LogP contribution < -0.4 is 3.69 Å². The fourth-order valence-corrected chi connectivity index (χ4v) is 2.71. The predicted octanol–water partition coefficient (Wildman–Crippen LogP) is 2.65. The molecule has 1 heteroatoms. The Hall–Kier alpha value is -0.0138. The molecular weight excluding hydrogens is 168 g/mol. The molecule has 0 aliphatic rings. The third-order valence-electron chi connectivity index (χ3n) is 2.22. The minimum Gasteiger partial charge on any atom is -0.171 e. The lowest BCUT2D eigenvalue weighted by atomic mass is 9.88. The summed E-state index contributed by atoms with van der Waals surface area (Å²) in [6.45, 7) is 6.92. The third kappa shape index (κ3) is 3.69. The Morgan fingerprint density at radius 2 is 1.77 bits per heavy atom. The molecule has 13 heavy (non-hydrogen) atoms. The zero-order valence-electron chi connectivity index (χ0n) is 9.22. The van der Waals surface area contributed by atoms with Gasteiger partial charge in [0.05, 0.1) is 0 Å². The molecule has 0 heterocycles. The molecule has 1 aromatic carbocycles. The minimum atomic E-state index is -0.00660. The van der Waals surface area contributed by atoms with Crippen LogP contribution in [0.1, 0.15) is 26.3 Å². The monoisotopic (exact) mass is 186 g/mol. The van der Waals surface area contributed by atoms with Crippen LogP contribution in [-0.2, 0) is 6.42 Å². The van der Waals surface area contributed by atoms with Crippen LogP contribution in [0.5, 0.6) is 0 Å². The van der Waals surface area contributed by atoms with Crippen LogP contribution in [0, 0.1) is 5.41 Å². The second kappa shape index (κ2) is 4.47. The summed E-state index contributed by atoms with van der Waals surface area (Å²) in [4.78, 5) is 0. The van der Waals surface area contributed by atoms with Gasteiger partial charge in [0, 0.05) is 0 Å². The van der Waals surface area contributed by atoms with Crippen LogP contribution in [0.4, 0.5) is 0 Å². The van der Waals surface area contributed by atoms with Crippen molar-refractivity contribution in [1.82, 2.24) is 0 Å². The summed E-state index contributed by atoms with van der Waals surface area (Å²) in [5.41, 5.74) is 1.99. The fraction of sp³-hybridized carbons (Fsp3) is 0.500. The summed E-state index contributed by atoms with van der Waals surface area (Å²) in [5.74, 6) is 0. The summed E-state index contributed by atoms with van der Waals surface area (Å²) in [6, 6.07) is 8.91. The van der Waals surface area contributed by atoms with Crippen molar-refractivity contribution in [3.63, 3.8) is 0 Å². The normalized spacial score (nSPS) is 11.1. The first-order valence-corrected chi connectivity index (χ1v) is 7.22. The van der Waals surface area contributed by atoms with Crippen molar-refractivity contribution in [2.45, 2.75) is 32.2 Å². The second-order valence-electron chi connectivity index (χ2n) is 4.86. The van der Waals surface area contributed by atoms with Crippen LogP contribution in [0.3, 0.4) is 0 Å². The standard InChI is InChI=1S/C11H15.CH3.Mg/c1-11(2,3)9-10-7-5-4-6-8-10;;/h4-7H,9H2,1-3H3;1H3;. The van der Waals surface area contributed by atoms with Gasteiger partial charge in [0.25, 0.3) is 0 Å². The van der Waals surface area contributed by atoms with E-state index in [-0.39, 0.29) is 20.4 Å². The van der Waals surface area contributed by atoms with Gasteiger partial charge < -0.3 is 0 Å². The van der Waals surface area contributed by atoms with Gasteiger partial charge in [-0.15, -0.1) is 5.05 Å². The van der Waals surface area contributed by atoms with Gasteiger partial charge in [-0.2, -0.15) is 3.69 Å². The number of benzene rings is 1. The highest BCUT2D eigenvalue weighted by Crippen LogP contribution is 2.19. The van der Waals surface area contributed by atoms with Gasteiger partial charge in [-0.25, -0.2) is 0 Å². The number of hydrogen-bond donors (Lipinski definition) is 0. The maximum Gasteiger partial charge on any atom is 0.405 e. The zero-order chi connectivity index (χ0) is 9.90. The quantitative estimate of drug-likeness (QED) is 0.623. The van der Waals surface area contributed by atoms with E-state index in [4.69, 9.17) is 0 Å². The molecule has 0 atom stereocenters. The van der Waals surface area contributed by atoms with Gasteiger partial charge >= 0.3 is 20.4 Å². The van der Waals surface area contributed by atoms with Gasteiger partial charge in [0.15, 0.2) is 0 Å². The highest BCUT2D eigenvalue weighted by atomic mass is 24.5. The fourth-order valence-electron chi connectivity index (χ4n) is 1.65. The van der Waals surface area contributed by atoms with Crippen LogP contribution in [-0.4, -0.2) is 20.4 Å². The Labute approximate surface area is 91.5 Å². The van der Waals surface area contributed by atoms with Crippen molar-refractivity contribution < 1.29 is 0 Å². The molecule has 0 spiro atoms. The molecule has 0 saturated heterocycles. The molecule has 0 unspecified atom stereocenters. The molecule has 0 amide bonds. The van der Waals surface area contributed by atoms with E-state index >= 15 is 0 Å². The summed E-state index contributed by atoms with van der Waals surface area (Å²) >= 11 is -0.00660. The number of hydrogen-bond acceptors (Lipinski definition) is 0. The molecule has 0 saturated carbocycles. The predicted molar refractivity (Wildman–Crippen MR) is 60.9 cm³/mol. The third-order valence-corrected chi connectivity index (χ3v) is 3.67. The molecule has 0 aliphatic heterocycles. The van der Waals surface area contributed by atoms with Crippen molar-refractivity contribution in [3.8, 4) is 0 Å². The lowest BCUT2D eigenvalue weighted by molar-refractivity contribution is 0.412. The lowest BCUT2D eigenvalue weighted by Gasteiger charge is -2.20. The van der Waals surface area contributed by atoms with Crippen LogP contribution in [0.15, 0.2) is 24.3 Å². The summed E-state index contributed by atoms with van der Waals surface area (Å²) in [5, 5.41) is 2.36. The van der Waals surface area contributed by atoms with Gasteiger partial charge in [0.2, 0.25) is 0 Å². The Morgan fingerprint density at radius 1 is 1.15 bits per heavy atom. The van der Waals surface area contributed by atoms with E-state index in [1.54, 1.807) is 9.26 Å². The number of rotatable bonds is 2. The zero-order valence-corrected chi connectivity index (χ0v) is 10.6. The molecule has 1 rings (SSSR count). The highest BCUT2D eigenvalue weighted by Gasteiger charge is 2.12. The van der Waals surface area contributed by atoms with E-state index < -0.39 is 0 Å². The summed E-state index contributed by atoms with van der Waals surface area (Å²) in [6.07, 6.45) is 1.21. The average molecular weight is 187 g/mol. The lowest BCUT2D eigenvalue weighted by Crippen LogP contribution is -2.21. The maximum atomic E-state index is 2.36. The molecule has 1 aromatic rings. The average Bonchev–Trinajstić information content (AvgIpc) is 2.02. The van der Waals surface area contributed by atoms with E-state index in [9.17, 15) is 0 Å². The first-order valence-electron chi connectivity index (χ1n) is 5.10. The van der Waals surface area contributed by atoms with Gasteiger partial charge in [-0.1, -0.05) is 50.6 Å². The Kier molecular flexibility index (Phi) is 3.81. The highest BCUT2D eigenvalue weighted by molar-refractivity contribution is 6.52. The largest absolute Gasteiger partial charge is 0.405 e.